The van der Waals surface area contributed by atoms with Crippen molar-refractivity contribution in [2.75, 3.05) is 19.4 Å². The molecule has 42 heavy (non-hydrogen) atoms. The largest absolute Gasteiger partial charge is 0.416 e. The highest BCUT2D eigenvalue weighted by atomic mass is 19.4. The van der Waals surface area contributed by atoms with Crippen molar-refractivity contribution in [1.29, 1.82) is 0 Å². The third-order valence-corrected chi connectivity index (χ3v) is 6.62. The summed E-state index contributed by atoms with van der Waals surface area (Å²) in [5.41, 5.74) is 2.37. The number of amides is 1. The van der Waals surface area contributed by atoms with E-state index in [2.05, 4.69) is 32.1 Å². The Balaban J connectivity index is 1.39. The lowest BCUT2D eigenvalue weighted by Crippen LogP contribution is -2.18. The summed E-state index contributed by atoms with van der Waals surface area (Å²) in [5.74, 6) is 6.27. The zero-order valence-corrected chi connectivity index (χ0v) is 23.2. The van der Waals surface area contributed by atoms with Gasteiger partial charge in [-0.1, -0.05) is 24.0 Å². The topological polar surface area (TPSA) is 75.9 Å². The molecule has 3 heterocycles. The molecule has 0 unspecified atom stereocenters. The smallest absolute Gasteiger partial charge is 0.329 e. The zero-order valence-electron chi connectivity index (χ0n) is 23.2. The van der Waals surface area contributed by atoms with Gasteiger partial charge in [0.15, 0.2) is 0 Å². The number of nitrogens with zero attached hydrogens (tertiary/aromatic N) is 5. The molecule has 0 aliphatic carbocycles. The number of fused-ring (bicyclic) bond motifs is 1. The van der Waals surface area contributed by atoms with Crippen LogP contribution in [0.5, 0.6) is 0 Å². The van der Waals surface area contributed by atoms with Gasteiger partial charge in [0.05, 0.1) is 23.2 Å². The lowest BCUT2D eigenvalue weighted by atomic mass is 10.0. The zero-order chi connectivity index (χ0) is 29.9. The first kappa shape index (κ1) is 28.5. The van der Waals surface area contributed by atoms with Crippen LogP contribution in [0.3, 0.4) is 0 Å². The fourth-order valence-corrected chi connectivity index (χ4v) is 4.49. The number of rotatable bonds is 6. The number of halogens is 3. The fraction of sp³-hybridized carbons (Fsp3) is 0.188. The lowest BCUT2D eigenvalue weighted by Gasteiger charge is -2.17. The molecule has 0 radical (unpaired) electrons. The maximum absolute atomic E-state index is 14.1. The molecule has 212 valence electrons. The van der Waals surface area contributed by atoms with Crippen molar-refractivity contribution in [3.05, 3.63) is 119 Å². The van der Waals surface area contributed by atoms with E-state index >= 15 is 0 Å². The van der Waals surface area contributed by atoms with Crippen LogP contribution in [-0.4, -0.2) is 44.4 Å². The Morgan fingerprint density at radius 2 is 1.81 bits per heavy atom. The number of imidazole rings is 1. The molecule has 0 atom stereocenters. The van der Waals surface area contributed by atoms with Gasteiger partial charge in [-0.25, -0.2) is 4.98 Å². The summed E-state index contributed by atoms with van der Waals surface area (Å²) in [4.78, 5) is 27.8. The van der Waals surface area contributed by atoms with Crippen molar-refractivity contribution in [1.82, 2.24) is 24.4 Å². The first-order valence-corrected chi connectivity index (χ1v) is 13.1. The minimum Gasteiger partial charge on any atom is -0.329 e. The van der Waals surface area contributed by atoms with Crippen LogP contribution in [0.2, 0.25) is 0 Å². The molecule has 7 nitrogen and oxygen atoms in total. The van der Waals surface area contributed by atoms with Gasteiger partial charge in [0.1, 0.15) is 5.82 Å². The predicted octanol–water partition coefficient (Wildman–Crippen LogP) is 5.92. The highest BCUT2D eigenvalue weighted by Crippen LogP contribution is 2.34. The van der Waals surface area contributed by atoms with Gasteiger partial charge in [0.2, 0.25) is 0 Å². The Kier molecular flexibility index (Phi) is 8.04. The third-order valence-electron chi connectivity index (χ3n) is 6.62. The molecule has 1 amide bonds. The van der Waals surface area contributed by atoms with Gasteiger partial charge in [-0.05, 0) is 68.5 Å². The molecule has 0 saturated carbocycles. The number of hydrogen-bond donors (Lipinski definition) is 1. The van der Waals surface area contributed by atoms with E-state index in [-0.39, 0.29) is 23.4 Å². The van der Waals surface area contributed by atoms with E-state index in [1.165, 1.54) is 12.1 Å². The third kappa shape index (κ3) is 6.48. The summed E-state index contributed by atoms with van der Waals surface area (Å²) in [7, 11) is 3.72. The van der Waals surface area contributed by atoms with E-state index in [0.717, 1.165) is 22.5 Å². The average molecular weight is 569 g/mol. The highest BCUT2D eigenvalue weighted by Gasteiger charge is 2.34. The molecule has 2 aromatic carbocycles. The van der Waals surface area contributed by atoms with Gasteiger partial charge in [-0.15, -0.1) is 0 Å². The molecule has 0 aliphatic heterocycles. The lowest BCUT2D eigenvalue weighted by molar-refractivity contribution is -0.138. The number of benzene rings is 2. The van der Waals surface area contributed by atoms with Crippen molar-refractivity contribution in [2.45, 2.75) is 26.2 Å². The van der Waals surface area contributed by atoms with E-state index in [1.807, 2.05) is 38.1 Å². The Hall–Kier alpha value is -5.01. The van der Waals surface area contributed by atoms with Crippen LogP contribution < -0.4 is 5.32 Å². The highest BCUT2D eigenvalue weighted by molar-refractivity contribution is 6.04. The molecule has 0 aliphatic rings. The molecule has 3 aromatic heterocycles. The minimum atomic E-state index is -4.61. The Bertz CT molecular complexity index is 1830. The molecule has 0 saturated heterocycles. The van der Waals surface area contributed by atoms with Gasteiger partial charge in [0.25, 0.3) is 5.91 Å². The van der Waals surface area contributed by atoms with Gasteiger partial charge >= 0.3 is 6.18 Å². The number of alkyl halides is 3. The standard InChI is InChI=1S/C32H27F3N6O/c1-21-6-7-23(15-22(21)8-9-25-18-36-17-24-5-4-12-38-30(24)25)31(42)39-27-11-10-26(28(16-27)32(33,34)35)19-41-14-13-37-29(41)20-40(2)3/h4-7,10-18H,19-20H2,1-3H3,(H,39,42). The maximum Gasteiger partial charge on any atom is 0.416 e. The van der Waals surface area contributed by atoms with E-state index in [9.17, 15) is 18.0 Å². The van der Waals surface area contributed by atoms with Gasteiger partial charge < -0.3 is 14.8 Å². The Labute approximate surface area is 241 Å². The summed E-state index contributed by atoms with van der Waals surface area (Å²) < 4.78 is 43.9. The van der Waals surface area contributed by atoms with Crippen LogP contribution in [0, 0.1) is 18.8 Å². The van der Waals surface area contributed by atoms with Crippen molar-refractivity contribution in [3.8, 4) is 11.8 Å². The normalized spacial score (nSPS) is 11.4. The quantitative estimate of drug-likeness (QED) is 0.258. The fourth-order valence-electron chi connectivity index (χ4n) is 4.49. The monoisotopic (exact) mass is 568 g/mol. The van der Waals surface area contributed by atoms with Crippen molar-refractivity contribution < 1.29 is 18.0 Å². The molecular weight excluding hydrogens is 541 g/mol. The number of pyridine rings is 2. The predicted molar refractivity (Wildman–Crippen MR) is 155 cm³/mol. The number of nitrogens with one attached hydrogen (secondary N) is 1. The second kappa shape index (κ2) is 11.8. The van der Waals surface area contributed by atoms with Crippen LogP contribution in [-0.2, 0) is 19.3 Å². The summed E-state index contributed by atoms with van der Waals surface area (Å²) in [6.45, 7) is 2.35. The van der Waals surface area contributed by atoms with Crippen molar-refractivity contribution >= 4 is 22.5 Å². The van der Waals surface area contributed by atoms with Crippen LogP contribution in [0.15, 0.2) is 79.5 Å². The van der Waals surface area contributed by atoms with E-state index in [1.54, 1.807) is 53.8 Å². The van der Waals surface area contributed by atoms with Crippen LogP contribution in [0.25, 0.3) is 10.9 Å². The number of carbonyl (C=O) groups excluding carboxylic acids is 1. The number of carbonyl (C=O) groups is 1. The van der Waals surface area contributed by atoms with Crippen molar-refractivity contribution in [2.24, 2.45) is 0 Å². The number of aryl methyl sites for hydroxylation is 1. The molecule has 0 bridgehead atoms. The first-order chi connectivity index (χ1) is 20.1. The van der Waals surface area contributed by atoms with Gasteiger partial charge in [0, 0.05) is 59.7 Å². The van der Waals surface area contributed by atoms with Crippen LogP contribution in [0.4, 0.5) is 18.9 Å². The maximum atomic E-state index is 14.1. The summed E-state index contributed by atoms with van der Waals surface area (Å²) in [5, 5.41) is 3.46. The molecule has 0 fully saturated rings. The Morgan fingerprint density at radius 1 is 1.00 bits per heavy atom. The first-order valence-electron chi connectivity index (χ1n) is 13.1. The molecule has 5 rings (SSSR count). The van der Waals surface area contributed by atoms with Crippen molar-refractivity contribution in [3.63, 3.8) is 0 Å². The molecule has 1 N–H and O–H groups in total. The molecule has 10 heteroatoms. The van der Waals surface area contributed by atoms with E-state index < -0.39 is 17.6 Å². The van der Waals surface area contributed by atoms with Gasteiger partial charge in [-0.3, -0.25) is 14.8 Å². The molecule has 0 spiro atoms. The SMILES string of the molecule is Cc1ccc(C(=O)Nc2ccc(Cn3ccnc3CN(C)C)c(C(F)(F)F)c2)cc1C#Cc1cncc2cccnc12. The number of hydrogen-bond acceptors (Lipinski definition) is 5. The van der Waals surface area contributed by atoms with Crippen LogP contribution >= 0.6 is 0 Å². The summed E-state index contributed by atoms with van der Waals surface area (Å²) in [6, 6.07) is 12.5. The van der Waals surface area contributed by atoms with Crippen LogP contribution in [0.1, 0.15) is 44.0 Å². The average Bonchev–Trinajstić information content (AvgIpc) is 3.38. The number of anilines is 1. The van der Waals surface area contributed by atoms with Gasteiger partial charge in [-0.2, -0.15) is 13.2 Å². The van der Waals surface area contributed by atoms with E-state index in [4.69, 9.17) is 0 Å². The molecule has 5 aromatic rings. The number of aromatic nitrogens is 4. The summed E-state index contributed by atoms with van der Waals surface area (Å²) in [6.07, 6.45) is 3.63. The Morgan fingerprint density at radius 3 is 2.60 bits per heavy atom. The molecular formula is C32H27F3N6O. The minimum absolute atomic E-state index is 0.00598. The summed E-state index contributed by atoms with van der Waals surface area (Å²) >= 11 is 0. The second-order valence-corrected chi connectivity index (χ2v) is 10.1. The second-order valence-electron chi connectivity index (χ2n) is 10.1. The van der Waals surface area contributed by atoms with E-state index in [0.29, 0.717) is 23.5 Å².